The molecular formula is C17H27FN2O6. The van der Waals surface area contributed by atoms with E-state index in [1.54, 1.807) is 7.11 Å². The van der Waals surface area contributed by atoms with Gasteiger partial charge in [0.15, 0.2) is 0 Å². The third-order valence-corrected chi connectivity index (χ3v) is 3.24. The fourth-order valence-electron chi connectivity index (χ4n) is 1.85. The highest BCUT2D eigenvalue weighted by molar-refractivity contribution is 5.65. The van der Waals surface area contributed by atoms with E-state index in [2.05, 4.69) is 4.74 Å². The van der Waals surface area contributed by atoms with E-state index in [0.29, 0.717) is 26.3 Å². The predicted molar refractivity (Wildman–Crippen MR) is 94.2 cm³/mol. The summed E-state index contributed by atoms with van der Waals surface area (Å²) in [6.07, 6.45) is -2.03. The highest BCUT2D eigenvalue weighted by Gasteiger charge is 2.11. The Labute approximate surface area is 152 Å². The van der Waals surface area contributed by atoms with E-state index >= 15 is 0 Å². The lowest BCUT2D eigenvalue weighted by Crippen LogP contribution is -2.34. The number of alkyl halides is 1. The topological polar surface area (TPSA) is 99.5 Å². The molecule has 0 unspecified atom stereocenters. The largest absolute Gasteiger partial charge is 0.465 e. The molecule has 0 aliphatic heterocycles. The molecule has 0 fully saturated rings. The lowest BCUT2D eigenvalue weighted by Gasteiger charge is -2.18. The Kier molecular flexibility index (Phi) is 13.5. The van der Waals surface area contributed by atoms with Crippen molar-refractivity contribution < 1.29 is 33.7 Å². The standard InChI is InChI=1S/C11H15NO3.C6H12FNO3/c1-15-8-7-12(11(13)14)9-10-5-3-2-4-6-10;1-11-5-4-8(3-2-7)6(9)10/h2-6H,7-9H2,1H3,(H,13,14);2-5H2,1H3,(H,9,10). The van der Waals surface area contributed by atoms with Gasteiger partial charge in [-0.3, -0.25) is 0 Å². The van der Waals surface area contributed by atoms with Crippen LogP contribution < -0.4 is 0 Å². The van der Waals surface area contributed by atoms with Crippen molar-refractivity contribution in [3.8, 4) is 0 Å². The van der Waals surface area contributed by atoms with Crippen molar-refractivity contribution in [1.82, 2.24) is 9.80 Å². The molecule has 1 aromatic carbocycles. The summed E-state index contributed by atoms with van der Waals surface area (Å²) in [7, 11) is 3.03. The molecule has 0 bridgehead atoms. The van der Waals surface area contributed by atoms with Crippen LogP contribution in [0.3, 0.4) is 0 Å². The van der Waals surface area contributed by atoms with Gasteiger partial charge >= 0.3 is 12.2 Å². The van der Waals surface area contributed by atoms with Crippen molar-refractivity contribution in [3.05, 3.63) is 35.9 Å². The maximum atomic E-state index is 11.7. The molecule has 148 valence electrons. The predicted octanol–water partition coefficient (Wildman–Crippen LogP) is 2.40. The van der Waals surface area contributed by atoms with Crippen LogP contribution in [0.1, 0.15) is 5.56 Å². The number of carbonyl (C=O) groups is 2. The third kappa shape index (κ3) is 11.2. The molecule has 2 amide bonds. The first kappa shape index (κ1) is 23.6. The van der Waals surface area contributed by atoms with Crippen LogP contribution in [0.25, 0.3) is 0 Å². The molecule has 0 radical (unpaired) electrons. The Bertz CT molecular complexity index is 503. The lowest BCUT2D eigenvalue weighted by molar-refractivity contribution is 0.115. The SMILES string of the molecule is COCCN(CCF)C(=O)O.COCCN(Cc1ccccc1)C(=O)O. The number of amides is 2. The van der Waals surface area contributed by atoms with Gasteiger partial charge in [-0.25, -0.2) is 14.0 Å². The molecule has 0 aromatic heterocycles. The summed E-state index contributed by atoms with van der Waals surface area (Å²) in [6, 6.07) is 9.51. The van der Waals surface area contributed by atoms with Crippen LogP contribution in [0.15, 0.2) is 30.3 Å². The highest BCUT2D eigenvalue weighted by Crippen LogP contribution is 2.04. The van der Waals surface area contributed by atoms with Crippen LogP contribution >= 0.6 is 0 Å². The first-order valence-electron chi connectivity index (χ1n) is 7.99. The summed E-state index contributed by atoms with van der Waals surface area (Å²) in [5.41, 5.74) is 0.982. The molecule has 0 aliphatic rings. The van der Waals surface area contributed by atoms with Crippen molar-refractivity contribution in [3.63, 3.8) is 0 Å². The van der Waals surface area contributed by atoms with Gasteiger partial charge in [0.25, 0.3) is 0 Å². The minimum Gasteiger partial charge on any atom is -0.465 e. The molecule has 0 heterocycles. The van der Waals surface area contributed by atoms with Gasteiger partial charge in [-0.05, 0) is 5.56 Å². The van der Waals surface area contributed by atoms with Gasteiger partial charge < -0.3 is 29.5 Å². The number of methoxy groups -OCH3 is 2. The number of halogens is 1. The monoisotopic (exact) mass is 374 g/mol. The zero-order valence-electron chi connectivity index (χ0n) is 15.1. The quantitative estimate of drug-likeness (QED) is 0.652. The van der Waals surface area contributed by atoms with Gasteiger partial charge in [-0.15, -0.1) is 0 Å². The summed E-state index contributed by atoms with van der Waals surface area (Å²) in [6.45, 7) is 0.982. The van der Waals surface area contributed by atoms with E-state index in [0.717, 1.165) is 10.5 Å². The van der Waals surface area contributed by atoms with Crippen LogP contribution in [0.2, 0.25) is 0 Å². The Morgan fingerprint density at radius 3 is 1.85 bits per heavy atom. The maximum absolute atomic E-state index is 11.7. The second-order valence-electron chi connectivity index (χ2n) is 5.13. The molecule has 0 aliphatic carbocycles. The van der Waals surface area contributed by atoms with Crippen molar-refractivity contribution in [2.45, 2.75) is 6.54 Å². The van der Waals surface area contributed by atoms with Gasteiger partial charge in [0.1, 0.15) is 6.67 Å². The molecule has 2 N–H and O–H groups in total. The van der Waals surface area contributed by atoms with E-state index in [1.165, 1.54) is 12.0 Å². The smallest absolute Gasteiger partial charge is 0.407 e. The molecule has 9 heteroatoms. The zero-order chi connectivity index (χ0) is 19.8. The van der Waals surface area contributed by atoms with Crippen LogP contribution in [0.4, 0.5) is 14.0 Å². The molecular weight excluding hydrogens is 347 g/mol. The summed E-state index contributed by atoms with van der Waals surface area (Å²) in [5.74, 6) is 0. The number of carboxylic acid groups (broad SMARTS) is 2. The molecule has 0 saturated heterocycles. The molecule has 0 saturated carbocycles. The van der Waals surface area contributed by atoms with Crippen molar-refractivity contribution in [2.75, 3.05) is 53.7 Å². The lowest BCUT2D eigenvalue weighted by atomic mass is 10.2. The molecule has 8 nitrogen and oxygen atoms in total. The van der Waals surface area contributed by atoms with E-state index in [9.17, 15) is 14.0 Å². The Balaban J connectivity index is 0.000000508. The summed E-state index contributed by atoms with van der Waals surface area (Å²) in [4.78, 5) is 23.5. The first-order chi connectivity index (χ1) is 12.5. The minimum absolute atomic E-state index is 0.0846. The molecule has 0 spiro atoms. The second kappa shape index (κ2) is 14.9. The molecule has 0 atom stereocenters. The third-order valence-electron chi connectivity index (χ3n) is 3.24. The maximum Gasteiger partial charge on any atom is 0.407 e. The van der Waals surface area contributed by atoms with Crippen LogP contribution in [-0.2, 0) is 16.0 Å². The van der Waals surface area contributed by atoms with E-state index in [-0.39, 0.29) is 13.1 Å². The van der Waals surface area contributed by atoms with Crippen LogP contribution in [-0.4, -0.2) is 85.9 Å². The summed E-state index contributed by atoms with van der Waals surface area (Å²) < 4.78 is 21.2. The van der Waals surface area contributed by atoms with Crippen LogP contribution in [0.5, 0.6) is 0 Å². The number of nitrogens with zero attached hydrogens (tertiary/aromatic N) is 2. The number of ether oxygens (including phenoxy) is 2. The van der Waals surface area contributed by atoms with E-state index in [1.807, 2.05) is 30.3 Å². The average molecular weight is 374 g/mol. The summed E-state index contributed by atoms with van der Waals surface area (Å²) in [5, 5.41) is 17.4. The molecule has 1 rings (SSSR count). The van der Waals surface area contributed by atoms with Gasteiger partial charge in [0, 0.05) is 33.9 Å². The fraction of sp³-hybridized carbons (Fsp3) is 0.529. The fourth-order valence-corrected chi connectivity index (χ4v) is 1.85. The highest BCUT2D eigenvalue weighted by atomic mass is 19.1. The van der Waals surface area contributed by atoms with E-state index < -0.39 is 18.9 Å². The Morgan fingerprint density at radius 2 is 1.42 bits per heavy atom. The van der Waals surface area contributed by atoms with Crippen molar-refractivity contribution in [1.29, 1.82) is 0 Å². The number of benzene rings is 1. The normalized spacial score (nSPS) is 9.81. The zero-order valence-corrected chi connectivity index (χ0v) is 15.1. The molecule has 1 aromatic rings. The average Bonchev–Trinajstić information content (AvgIpc) is 2.63. The second-order valence-corrected chi connectivity index (χ2v) is 5.13. The number of hydrogen-bond acceptors (Lipinski definition) is 4. The minimum atomic E-state index is -1.11. The summed E-state index contributed by atoms with van der Waals surface area (Å²) >= 11 is 0. The van der Waals surface area contributed by atoms with Gasteiger partial charge in [-0.2, -0.15) is 0 Å². The van der Waals surface area contributed by atoms with Crippen LogP contribution in [0, 0.1) is 0 Å². The van der Waals surface area contributed by atoms with E-state index in [4.69, 9.17) is 14.9 Å². The molecule has 26 heavy (non-hydrogen) atoms. The van der Waals surface area contributed by atoms with Gasteiger partial charge in [0.2, 0.25) is 0 Å². The Hall–Kier alpha value is -2.39. The first-order valence-corrected chi connectivity index (χ1v) is 7.99. The Morgan fingerprint density at radius 1 is 0.923 bits per heavy atom. The number of rotatable bonds is 10. The van der Waals surface area contributed by atoms with Gasteiger partial charge in [-0.1, -0.05) is 30.3 Å². The number of hydrogen-bond donors (Lipinski definition) is 2. The van der Waals surface area contributed by atoms with Gasteiger partial charge in [0.05, 0.1) is 19.8 Å². The van der Waals surface area contributed by atoms with Crippen molar-refractivity contribution >= 4 is 12.2 Å². The van der Waals surface area contributed by atoms with Crippen molar-refractivity contribution in [2.24, 2.45) is 0 Å².